The van der Waals surface area contributed by atoms with Crippen molar-refractivity contribution in [1.82, 2.24) is 10.3 Å². The molecule has 2 atom stereocenters. The summed E-state index contributed by atoms with van der Waals surface area (Å²) in [7, 11) is 0. The SMILES string of the molecule is CCNC(C)CCC1CCc2cccnc21. The second-order valence-corrected chi connectivity index (χ2v) is 4.82. The van der Waals surface area contributed by atoms with Gasteiger partial charge in [0.25, 0.3) is 0 Å². The molecule has 0 aliphatic heterocycles. The zero-order valence-electron chi connectivity index (χ0n) is 10.4. The molecule has 2 unspecified atom stereocenters. The highest BCUT2D eigenvalue weighted by atomic mass is 14.9. The molecule has 16 heavy (non-hydrogen) atoms. The largest absolute Gasteiger partial charge is 0.315 e. The number of fused-ring (bicyclic) bond motifs is 1. The third-order valence-corrected chi connectivity index (χ3v) is 3.58. The predicted octanol–water partition coefficient (Wildman–Crippen LogP) is 2.89. The van der Waals surface area contributed by atoms with Gasteiger partial charge in [-0.1, -0.05) is 13.0 Å². The molecule has 0 amide bonds. The third kappa shape index (κ3) is 2.62. The minimum atomic E-state index is 0.637. The quantitative estimate of drug-likeness (QED) is 0.822. The van der Waals surface area contributed by atoms with Crippen LogP contribution in [0.15, 0.2) is 18.3 Å². The van der Waals surface area contributed by atoms with Crippen molar-refractivity contribution in [3.63, 3.8) is 0 Å². The van der Waals surface area contributed by atoms with Crippen LogP contribution in [-0.4, -0.2) is 17.6 Å². The van der Waals surface area contributed by atoms with Crippen LogP contribution in [0.1, 0.15) is 50.3 Å². The molecule has 0 saturated heterocycles. The molecule has 88 valence electrons. The normalized spacial score (nSPS) is 20.8. The molecule has 0 aromatic carbocycles. The summed E-state index contributed by atoms with van der Waals surface area (Å²) in [5.41, 5.74) is 2.84. The second-order valence-electron chi connectivity index (χ2n) is 4.82. The lowest BCUT2D eigenvalue weighted by molar-refractivity contribution is 0.473. The summed E-state index contributed by atoms with van der Waals surface area (Å²) in [5, 5.41) is 3.47. The fourth-order valence-corrected chi connectivity index (χ4v) is 2.68. The Bertz CT molecular complexity index is 335. The molecular weight excluding hydrogens is 196 g/mol. The first-order valence-corrected chi connectivity index (χ1v) is 6.48. The van der Waals surface area contributed by atoms with Crippen LogP contribution in [0.5, 0.6) is 0 Å². The molecule has 1 N–H and O–H groups in total. The van der Waals surface area contributed by atoms with E-state index in [0.29, 0.717) is 12.0 Å². The zero-order chi connectivity index (χ0) is 11.4. The van der Waals surface area contributed by atoms with Crippen molar-refractivity contribution >= 4 is 0 Å². The van der Waals surface area contributed by atoms with Crippen molar-refractivity contribution in [3.8, 4) is 0 Å². The van der Waals surface area contributed by atoms with Gasteiger partial charge >= 0.3 is 0 Å². The molecule has 1 heterocycles. The maximum atomic E-state index is 4.54. The van der Waals surface area contributed by atoms with Crippen molar-refractivity contribution in [3.05, 3.63) is 29.6 Å². The van der Waals surface area contributed by atoms with Gasteiger partial charge in [0.15, 0.2) is 0 Å². The third-order valence-electron chi connectivity index (χ3n) is 3.58. The minimum absolute atomic E-state index is 0.637. The van der Waals surface area contributed by atoms with Gasteiger partial charge in [0.1, 0.15) is 0 Å². The van der Waals surface area contributed by atoms with Gasteiger partial charge in [-0.15, -0.1) is 0 Å². The van der Waals surface area contributed by atoms with Gasteiger partial charge in [-0.05, 0) is 50.8 Å². The van der Waals surface area contributed by atoms with E-state index in [1.54, 1.807) is 0 Å². The smallest absolute Gasteiger partial charge is 0.0466 e. The van der Waals surface area contributed by atoms with E-state index >= 15 is 0 Å². The van der Waals surface area contributed by atoms with Gasteiger partial charge < -0.3 is 5.32 Å². The summed E-state index contributed by atoms with van der Waals surface area (Å²) in [6.07, 6.45) is 6.99. The molecule has 1 aliphatic carbocycles. The number of nitrogens with one attached hydrogen (secondary N) is 1. The Balaban J connectivity index is 1.88. The van der Waals surface area contributed by atoms with Crippen LogP contribution in [-0.2, 0) is 6.42 Å². The summed E-state index contributed by atoms with van der Waals surface area (Å²) >= 11 is 0. The molecule has 2 nitrogen and oxygen atoms in total. The van der Waals surface area contributed by atoms with Crippen LogP contribution in [0.4, 0.5) is 0 Å². The van der Waals surface area contributed by atoms with Gasteiger partial charge in [0, 0.05) is 23.9 Å². The first-order chi connectivity index (χ1) is 7.81. The fraction of sp³-hybridized carbons (Fsp3) is 0.643. The van der Waals surface area contributed by atoms with Crippen LogP contribution < -0.4 is 5.32 Å². The summed E-state index contributed by atoms with van der Waals surface area (Å²) in [6.45, 7) is 5.52. The van der Waals surface area contributed by atoms with Crippen molar-refractivity contribution < 1.29 is 0 Å². The van der Waals surface area contributed by atoms with Gasteiger partial charge in [-0.2, -0.15) is 0 Å². The van der Waals surface area contributed by atoms with Crippen LogP contribution in [0.2, 0.25) is 0 Å². The Hall–Kier alpha value is -0.890. The fourth-order valence-electron chi connectivity index (χ4n) is 2.68. The zero-order valence-corrected chi connectivity index (χ0v) is 10.4. The van der Waals surface area contributed by atoms with Gasteiger partial charge in [-0.25, -0.2) is 0 Å². The van der Waals surface area contributed by atoms with Gasteiger partial charge in [0.2, 0.25) is 0 Å². The molecule has 0 bridgehead atoms. The van der Waals surface area contributed by atoms with Crippen LogP contribution in [0, 0.1) is 0 Å². The number of hydrogen-bond acceptors (Lipinski definition) is 2. The Morgan fingerprint density at radius 3 is 3.25 bits per heavy atom. The molecular formula is C14H22N2. The summed E-state index contributed by atoms with van der Waals surface area (Å²) in [4.78, 5) is 4.54. The summed E-state index contributed by atoms with van der Waals surface area (Å²) in [5.74, 6) is 0.706. The molecule has 1 aromatic heterocycles. The molecule has 0 radical (unpaired) electrons. The Morgan fingerprint density at radius 2 is 2.44 bits per heavy atom. The molecule has 1 aromatic rings. The number of rotatable bonds is 5. The molecule has 0 saturated carbocycles. The Labute approximate surface area is 98.5 Å². The second kappa shape index (κ2) is 5.44. The molecule has 2 rings (SSSR count). The minimum Gasteiger partial charge on any atom is -0.315 e. The van der Waals surface area contributed by atoms with Gasteiger partial charge in [0.05, 0.1) is 0 Å². The number of nitrogens with zero attached hydrogens (tertiary/aromatic N) is 1. The number of hydrogen-bond donors (Lipinski definition) is 1. The van der Waals surface area contributed by atoms with Crippen molar-refractivity contribution in [2.75, 3.05) is 6.54 Å². The number of pyridine rings is 1. The highest BCUT2D eigenvalue weighted by Crippen LogP contribution is 2.34. The van der Waals surface area contributed by atoms with Gasteiger partial charge in [-0.3, -0.25) is 4.98 Å². The molecule has 0 spiro atoms. The average molecular weight is 218 g/mol. The van der Waals surface area contributed by atoms with E-state index in [1.165, 1.54) is 36.9 Å². The van der Waals surface area contributed by atoms with E-state index in [1.807, 2.05) is 6.20 Å². The predicted molar refractivity (Wildman–Crippen MR) is 67.7 cm³/mol. The lowest BCUT2D eigenvalue weighted by Gasteiger charge is -2.15. The number of aryl methyl sites for hydroxylation is 1. The van der Waals surface area contributed by atoms with Crippen LogP contribution in [0.25, 0.3) is 0 Å². The van der Waals surface area contributed by atoms with Crippen molar-refractivity contribution in [2.24, 2.45) is 0 Å². The van der Waals surface area contributed by atoms with Crippen LogP contribution >= 0.6 is 0 Å². The van der Waals surface area contributed by atoms with E-state index in [-0.39, 0.29) is 0 Å². The summed E-state index contributed by atoms with van der Waals surface area (Å²) in [6, 6.07) is 4.93. The van der Waals surface area contributed by atoms with E-state index in [9.17, 15) is 0 Å². The highest BCUT2D eigenvalue weighted by Gasteiger charge is 2.23. The van der Waals surface area contributed by atoms with Crippen molar-refractivity contribution in [1.29, 1.82) is 0 Å². The lowest BCUT2D eigenvalue weighted by Crippen LogP contribution is -2.25. The van der Waals surface area contributed by atoms with E-state index < -0.39 is 0 Å². The molecule has 1 aliphatic rings. The Kier molecular flexibility index (Phi) is 3.94. The van der Waals surface area contributed by atoms with E-state index in [2.05, 4.69) is 36.3 Å². The summed E-state index contributed by atoms with van der Waals surface area (Å²) < 4.78 is 0. The number of aromatic nitrogens is 1. The topological polar surface area (TPSA) is 24.9 Å². The first kappa shape index (κ1) is 11.6. The lowest BCUT2D eigenvalue weighted by atomic mass is 9.98. The first-order valence-electron chi connectivity index (χ1n) is 6.48. The monoisotopic (exact) mass is 218 g/mol. The molecule has 0 fully saturated rings. The maximum Gasteiger partial charge on any atom is 0.0466 e. The Morgan fingerprint density at radius 1 is 1.56 bits per heavy atom. The highest BCUT2D eigenvalue weighted by molar-refractivity contribution is 5.28. The average Bonchev–Trinajstić information content (AvgIpc) is 2.70. The van der Waals surface area contributed by atoms with Crippen molar-refractivity contribution in [2.45, 2.75) is 51.5 Å². The van der Waals surface area contributed by atoms with E-state index in [4.69, 9.17) is 0 Å². The van der Waals surface area contributed by atoms with E-state index in [0.717, 1.165) is 6.54 Å². The maximum absolute atomic E-state index is 4.54. The standard InChI is InChI=1S/C14H22N2/c1-3-15-11(2)6-7-13-9-8-12-5-4-10-16-14(12)13/h4-5,10-11,13,15H,3,6-9H2,1-2H3. The molecule has 2 heteroatoms. The van der Waals surface area contributed by atoms with Crippen LogP contribution in [0.3, 0.4) is 0 Å².